The van der Waals surface area contributed by atoms with Gasteiger partial charge in [-0.3, -0.25) is 0 Å². The van der Waals surface area contributed by atoms with Gasteiger partial charge in [0, 0.05) is 12.0 Å². The van der Waals surface area contributed by atoms with Gasteiger partial charge in [0.2, 0.25) is 0 Å². The summed E-state index contributed by atoms with van der Waals surface area (Å²) in [4.78, 5) is 7.12. The predicted octanol–water partition coefficient (Wildman–Crippen LogP) is 2.75. The maximum absolute atomic E-state index is 5.69. The van der Waals surface area contributed by atoms with Crippen LogP contribution in [0.25, 0.3) is 11.3 Å². The molecule has 5 heteroatoms. The van der Waals surface area contributed by atoms with Crippen LogP contribution in [0.3, 0.4) is 0 Å². The molecule has 0 saturated carbocycles. The number of nitrogens with one attached hydrogen (secondary N) is 1. The first-order valence-corrected chi connectivity index (χ1v) is 6.09. The molecule has 0 bridgehead atoms. The van der Waals surface area contributed by atoms with Crippen molar-refractivity contribution in [1.82, 2.24) is 9.97 Å². The number of H-pyrrole nitrogens is 1. The van der Waals surface area contributed by atoms with E-state index in [1.54, 1.807) is 13.4 Å². The Morgan fingerprint density at radius 2 is 2.33 bits per heavy atom. The van der Waals surface area contributed by atoms with Crippen LogP contribution in [0.2, 0.25) is 0 Å². The second kappa shape index (κ2) is 4.42. The van der Waals surface area contributed by atoms with E-state index in [-0.39, 0.29) is 0 Å². The molecular formula is C13H12N2O2S. The molecular weight excluding hydrogens is 248 g/mol. The van der Waals surface area contributed by atoms with Crippen molar-refractivity contribution in [3.8, 4) is 22.8 Å². The Kier molecular flexibility index (Phi) is 2.76. The number of aromatic nitrogens is 2. The molecule has 0 radical (unpaired) electrons. The number of hydrogen-bond donors (Lipinski definition) is 1. The van der Waals surface area contributed by atoms with Crippen LogP contribution in [0.15, 0.2) is 24.5 Å². The van der Waals surface area contributed by atoms with Crippen molar-refractivity contribution >= 4 is 12.2 Å². The topological polar surface area (TPSA) is 47.1 Å². The standard InChI is InChI=1S/C13H12N2O2S/c1-16-12-10(14-7-15-13(12)18)9-4-2-3-8-5-6-17-11(8)9/h2-4,7H,5-6H2,1H3,(H,14,15,18). The Labute approximate surface area is 110 Å². The third-order valence-corrected chi connectivity index (χ3v) is 3.29. The zero-order valence-corrected chi connectivity index (χ0v) is 10.7. The van der Waals surface area contributed by atoms with Gasteiger partial charge in [-0.25, -0.2) is 4.98 Å². The van der Waals surface area contributed by atoms with Gasteiger partial charge in [0.1, 0.15) is 5.75 Å². The minimum Gasteiger partial charge on any atom is -0.492 e. The van der Waals surface area contributed by atoms with Gasteiger partial charge < -0.3 is 14.5 Å². The lowest BCUT2D eigenvalue weighted by atomic mass is 10.1. The fourth-order valence-corrected chi connectivity index (χ4v) is 2.43. The average molecular weight is 260 g/mol. The number of aromatic amines is 1. The van der Waals surface area contributed by atoms with Gasteiger partial charge in [0.05, 0.1) is 25.7 Å². The van der Waals surface area contributed by atoms with Crippen molar-refractivity contribution in [2.75, 3.05) is 13.7 Å². The summed E-state index contributed by atoms with van der Waals surface area (Å²) in [6.45, 7) is 0.723. The summed E-state index contributed by atoms with van der Waals surface area (Å²) >= 11 is 5.17. The van der Waals surface area contributed by atoms with Gasteiger partial charge in [-0.15, -0.1) is 0 Å². The first-order valence-electron chi connectivity index (χ1n) is 5.68. The number of nitrogens with zero attached hydrogens (tertiary/aromatic N) is 1. The molecule has 92 valence electrons. The molecule has 0 aliphatic carbocycles. The molecule has 0 unspecified atom stereocenters. The van der Waals surface area contributed by atoms with Gasteiger partial charge in [-0.05, 0) is 11.6 Å². The highest BCUT2D eigenvalue weighted by atomic mass is 32.1. The molecule has 1 N–H and O–H groups in total. The third kappa shape index (κ3) is 1.67. The smallest absolute Gasteiger partial charge is 0.179 e. The summed E-state index contributed by atoms with van der Waals surface area (Å²) in [6, 6.07) is 6.08. The van der Waals surface area contributed by atoms with E-state index >= 15 is 0 Å². The number of fused-ring (bicyclic) bond motifs is 1. The van der Waals surface area contributed by atoms with E-state index in [1.807, 2.05) is 12.1 Å². The highest BCUT2D eigenvalue weighted by Gasteiger charge is 2.20. The van der Waals surface area contributed by atoms with Crippen molar-refractivity contribution in [2.45, 2.75) is 6.42 Å². The molecule has 0 amide bonds. The van der Waals surface area contributed by atoms with E-state index in [2.05, 4.69) is 16.0 Å². The van der Waals surface area contributed by atoms with Gasteiger partial charge in [0.15, 0.2) is 10.4 Å². The molecule has 0 spiro atoms. The Morgan fingerprint density at radius 1 is 1.44 bits per heavy atom. The molecule has 1 aromatic heterocycles. The molecule has 3 rings (SSSR count). The number of benzene rings is 1. The summed E-state index contributed by atoms with van der Waals surface area (Å²) in [5.41, 5.74) is 3.00. The summed E-state index contributed by atoms with van der Waals surface area (Å²) in [7, 11) is 1.59. The highest BCUT2D eigenvalue weighted by Crippen LogP contribution is 2.39. The van der Waals surface area contributed by atoms with Crippen molar-refractivity contribution in [3.05, 3.63) is 34.7 Å². The molecule has 2 heterocycles. The second-order valence-corrected chi connectivity index (χ2v) is 4.39. The number of para-hydroxylation sites is 1. The van der Waals surface area contributed by atoms with Crippen molar-refractivity contribution in [3.63, 3.8) is 0 Å². The number of rotatable bonds is 2. The van der Waals surface area contributed by atoms with E-state index in [4.69, 9.17) is 21.7 Å². The molecule has 0 saturated heterocycles. The minimum absolute atomic E-state index is 0.446. The van der Waals surface area contributed by atoms with Crippen molar-refractivity contribution in [2.24, 2.45) is 0 Å². The normalized spacial score (nSPS) is 12.9. The first-order chi connectivity index (χ1) is 8.81. The van der Waals surface area contributed by atoms with Crippen molar-refractivity contribution in [1.29, 1.82) is 0 Å². The lowest BCUT2D eigenvalue weighted by molar-refractivity contribution is 0.357. The van der Waals surface area contributed by atoms with E-state index in [9.17, 15) is 0 Å². The van der Waals surface area contributed by atoms with E-state index in [0.717, 1.165) is 30.0 Å². The van der Waals surface area contributed by atoms with Crippen LogP contribution < -0.4 is 9.47 Å². The maximum atomic E-state index is 5.69. The Balaban J connectivity index is 2.25. The van der Waals surface area contributed by atoms with Crippen LogP contribution in [0.1, 0.15) is 5.56 Å². The summed E-state index contributed by atoms with van der Waals surface area (Å²) < 4.78 is 11.5. The molecule has 0 atom stereocenters. The summed E-state index contributed by atoms with van der Waals surface area (Å²) in [5.74, 6) is 1.49. The highest BCUT2D eigenvalue weighted by molar-refractivity contribution is 7.71. The predicted molar refractivity (Wildman–Crippen MR) is 70.6 cm³/mol. The Morgan fingerprint density at radius 3 is 3.17 bits per heavy atom. The zero-order chi connectivity index (χ0) is 12.5. The molecule has 4 nitrogen and oxygen atoms in total. The molecule has 0 fully saturated rings. The van der Waals surface area contributed by atoms with Gasteiger partial charge in [0.25, 0.3) is 0 Å². The number of ether oxygens (including phenoxy) is 2. The molecule has 1 aliphatic rings. The van der Waals surface area contributed by atoms with Crippen LogP contribution in [-0.4, -0.2) is 23.7 Å². The van der Waals surface area contributed by atoms with E-state index in [1.165, 1.54) is 5.56 Å². The fraction of sp³-hybridized carbons (Fsp3) is 0.231. The van der Waals surface area contributed by atoms with E-state index < -0.39 is 0 Å². The van der Waals surface area contributed by atoms with E-state index in [0.29, 0.717) is 10.4 Å². The van der Waals surface area contributed by atoms with Gasteiger partial charge >= 0.3 is 0 Å². The summed E-state index contributed by atoms with van der Waals surface area (Å²) in [6.07, 6.45) is 2.52. The lowest BCUT2D eigenvalue weighted by Crippen LogP contribution is -1.96. The Bertz CT molecular complexity index is 652. The minimum atomic E-state index is 0.446. The van der Waals surface area contributed by atoms with Crippen LogP contribution >= 0.6 is 12.2 Å². The van der Waals surface area contributed by atoms with Crippen LogP contribution in [0.5, 0.6) is 11.5 Å². The monoisotopic (exact) mass is 260 g/mol. The molecule has 1 aliphatic heterocycles. The Hall–Kier alpha value is -1.88. The molecule has 2 aromatic rings. The maximum Gasteiger partial charge on any atom is 0.179 e. The largest absolute Gasteiger partial charge is 0.492 e. The zero-order valence-electron chi connectivity index (χ0n) is 9.90. The molecule has 18 heavy (non-hydrogen) atoms. The fourth-order valence-electron chi connectivity index (χ4n) is 2.19. The SMILES string of the molecule is COc1c(-c2cccc3c2OCC3)[nH]cnc1=S. The number of methoxy groups -OCH3 is 1. The third-order valence-electron chi connectivity index (χ3n) is 3.00. The summed E-state index contributed by atoms with van der Waals surface area (Å²) in [5, 5.41) is 0. The quantitative estimate of drug-likeness (QED) is 0.843. The van der Waals surface area contributed by atoms with Gasteiger partial charge in [-0.2, -0.15) is 0 Å². The first kappa shape index (κ1) is 11.2. The molecule has 1 aromatic carbocycles. The lowest BCUT2D eigenvalue weighted by Gasteiger charge is -2.11. The number of hydrogen-bond acceptors (Lipinski definition) is 4. The second-order valence-electron chi connectivity index (χ2n) is 4.01. The van der Waals surface area contributed by atoms with Crippen molar-refractivity contribution < 1.29 is 9.47 Å². The van der Waals surface area contributed by atoms with Gasteiger partial charge in [-0.1, -0.05) is 24.4 Å². The van der Waals surface area contributed by atoms with Crippen LogP contribution in [0, 0.1) is 4.64 Å². The van der Waals surface area contributed by atoms with Crippen LogP contribution in [0.4, 0.5) is 0 Å². The average Bonchev–Trinajstić information content (AvgIpc) is 2.86. The van der Waals surface area contributed by atoms with Crippen LogP contribution in [-0.2, 0) is 6.42 Å².